The van der Waals surface area contributed by atoms with E-state index in [-0.39, 0.29) is 17.6 Å². The van der Waals surface area contributed by atoms with Crippen LogP contribution in [0.15, 0.2) is 23.5 Å². The molecule has 5 N–H and O–H groups in total. The van der Waals surface area contributed by atoms with Crippen LogP contribution in [0.4, 0.5) is 0 Å². The molecule has 2 atom stereocenters. The van der Waals surface area contributed by atoms with Crippen LogP contribution in [0, 0.1) is 5.92 Å². The summed E-state index contributed by atoms with van der Waals surface area (Å²) in [6.07, 6.45) is 6.54. The van der Waals surface area contributed by atoms with Gasteiger partial charge in [-0.3, -0.25) is 9.69 Å². The van der Waals surface area contributed by atoms with Crippen molar-refractivity contribution in [1.82, 2.24) is 10.2 Å². The molecule has 2 aliphatic rings. The topological polar surface area (TPSA) is 84.4 Å². The first-order valence-corrected chi connectivity index (χ1v) is 7.88. The van der Waals surface area contributed by atoms with Crippen molar-refractivity contribution in [3.8, 4) is 0 Å². The Hall–Kier alpha value is -1.49. The first kappa shape index (κ1) is 15.9. The summed E-state index contributed by atoms with van der Waals surface area (Å²) < 4.78 is 0. The molecule has 1 aliphatic carbocycles. The summed E-state index contributed by atoms with van der Waals surface area (Å²) in [6, 6.07) is 1.16. The lowest BCUT2D eigenvalue weighted by Gasteiger charge is -2.25. The van der Waals surface area contributed by atoms with Crippen molar-refractivity contribution in [3.05, 3.63) is 23.5 Å². The number of nitrogens with two attached hydrogens (primary N) is 2. The van der Waals surface area contributed by atoms with E-state index in [0.29, 0.717) is 18.0 Å². The third-order valence-corrected chi connectivity index (χ3v) is 4.45. The molecule has 0 aromatic rings. The van der Waals surface area contributed by atoms with Gasteiger partial charge in [0.25, 0.3) is 5.91 Å². The zero-order valence-electron chi connectivity index (χ0n) is 13.3. The molecule has 1 aliphatic heterocycles. The van der Waals surface area contributed by atoms with E-state index >= 15 is 0 Å². The first-order chi connectivity index (χ1) is 9.92. The largest absolute Gasteiger partial charge is 0.404 e. The predicted octanol–water partition coefficient (Wildman–Crippen LogP) is 1.07. The molecular weight excluding hydrogens is 264 g/mol. The third-order valence-electron chi connectivity index (χ3n) is 4.45. The molecule has 2 rings (SSSR count). The van der Waals surface area contributed by atoms with E-state index in [4.69, 9.17) is 11.5 Å². The van der Waals surface area contributed by atoms with Gasteiger partial charge in [0.15, 0.2) is 0 Å². The summed E-state index contributed by atoms with van der Waals surface area (Å²) in [5, 5.41) is 3.04. The van der Waals surface area contributed by atoms with E-state index in [0.717, 1.165) is 31.4 Å². The summed E-state index contributed by atoms with van der Waals surface area (Å²) in [4.78, 5) is 14.6. The van der Waals surface area contributed by atoms with Crippen molar-refractivity contribution in [1.29, 1.82) is 0 Å². The SMILES string of the molecule is CC(C)N1CC(NC(=O)/C(N)=C/C(=C\N)C2CC2)CC1C. The molecule has 0 radical (unpaired) electrons. The van der Waals surface area contributed by atoms with Crippen LogP contribution in [-0.2, 0) is 4.79 Å². The zero-order valence-corrected chi connectivity index (χ0v) is 13.3. The van der Waals surface area contributed by atoms with Gasteiger partial charge in [-0.15, -0.1) is 0 Å². The molecule has 5 heteroatoms. The average Bonchev–Trinajstić information content (AvgIpc) is 3.19. The Morgan fingerprint density at radius 2 is 2.05 bits per heavy atom. The van der Waals surface area contributed by atoms with E-state index < -0.39 is 0 Å². The Morgan fingerprint density at radius 3 is 2.52 bits per heavy atom. The monoisotopic (exact) mass is 292 g/mol. The van der Waals surface area contributed by atoms with Crippen molar-refractivity contribution in [2.45, 2.75) is 58.2 Å². The maximum Gasteiger partial charge on any atom is 0.267 e. The number of rotatable bonds is 5. The van der Waals surface area contributed by atoms with Crippen molar-refractivity contribution in [2.24, 2.45) is 17.4 Å². The number of allylic oxidation sites excluding steroid dienone is 2. The number of hydrogen-bond acceptors (Lipinski definition) is 4. The molecule has 2 fully saturated rings. The fraction of sp³-hybridized carbons (Fsp3) is 0.688. The molecule has 0 bridgehead atoms. The molecule has 1 saturated heterocycles. The summed E-state index contributed by atoms with van der Waals surface area (Å²) in [7, 11) is 0. The minimum absolute atomic E-state index is 0.174. The molecular formula is C16H28N4O. The summed E-state index contributed by atoms with van der Waals surface area (Å²) in [6.45, 7) is 7.46. The highest BCUT2D eigenvalue weighted by Gasteiger charge is 2.32. The van der Waals surface area contributed by atoms with E-state index in [2.05, 4.69) is 31.0 Å². The second-order valence-electron chi connectivity index (χ2n) is 6.59. The molecule has 118 valence electrons. The van der Waals surface area contributed by atoms with Crippen LogP contribution in [0.25, 0.3) is 0 Å². The van der Waals surface area contributed by atoms with Crippen LogP contribution in [0.2, 0.25) is 0 Å². The van der Waals surface area contributed by atoms with Gasteiger partial charge in [-0.2, -0.15) is 0 Å². The smallest absolute Gasteiger partial charge is 0.267 e. The van der Waals surface area contributed by atoms with Crippen LogP contribution in [0.5, 0.6) is 0 Å². The minimum Gasteiger partial charge on any atom is -0.404 e. The van der Waals surface area contributed by atoms with Gasteiger partial charge in [0.05, 0.1) is 5.70 Å². The summed E-state index contributed by atoms with van der Waals surface area (Å²) in [5.41, 5.74) is 12.7. The molecule has 2 unspecified atom stereocenters. The highest BCUT2D eigenvalue weighted by atomic mass is 16.2. The van der Waals surface area contributed by atoms with E-state index in [1.165, 1.54) is 0 Å². The Bertz CT molecular complexity index is 451. The highest BCUT2D eigenvalue weighted by Crippen LogP contribution is 2.36. The van der Waals surface area contributed by atoms with Gasteiger partial charge >= 0.3 is 0 Å². The number of likely N-dealkylation sites (tertiary alicyclic amines) is 1. The van der Waals surface area contributed by atoms with Crippen molar-refractivity contribution in [2.75, 3.05) is 6.54 Å². The quantitative estimate of drug-likeness (QED) is 0.523. The number of amides is 1. The van der Waals surface area contributed by atoms with Crippen molar-refractivity contribution in [3.63, 3.8) is 0 Å². The number of carbonyl (C=O) groups is 1. The molecule has 21 heavy (non-hydrogen) atoms. The maximum absolute atomic E-state index is 12.2. The van der Waals surface area contributed by atoms with Gasteiger partial charge in [0.1, 0.15) is 0 Å². The molecule has 1 heterocycles. The van der Waals surface area contributed by atoms with Gasteiger partial charge in [0, 0.05) is 24.7 Å². The lowest BCUT2D eigenvalue weighted by Crippen LogP contribution is -2.40. The maximum atomic E-state index is 12.2. The van der Waals surface area contributed by atoms with Crippen LogP contribution >= 0.6 is 0 Å². The number of carbonyl (C=O) groups excluding carboxylic acids is 1. The van der Waals surface area contributed by atoms with Gasteiger partial charge in [0.2, 0.25) is 0 Å². The average molecular weight is 292 g/mol. The molecule has 0 spiro atoms. The van der Waals surface area contributed by atoms with Crippen LogP contribution in [0.1, 0.15) is 40.0 Å². The van der Waals surface area contributed by atoms with E-state index in [1.807, 2.05) is 0 Å². The Kier molecular flexibility index (Phi) is 4.93. The Balaban J connectivity index is 1.91. The molecule has 0 aromatic heterocycles. The molecule has 0 aromatic carbocycles. The second kappa shape index (κ2) is 6.52. The highest BCUT2D eigenvalue weighted by molar-refractivity contribution is 5.93. The van der Waals surface area contributed by atoms with E-state index in [1.54, 1.807) is 12.3 Å². The summed E-state index contributed by atoms with van der Waals surface area (Å²) >= 11 is 0. The normalized spacial score (nSPS) is 28.2. The lowest BCUT2D eigenvalue weighted by atomic mass is 10.1. The standard InChI is InChI=1S/C16H28N4O/c1-10(2)20-9-14(6-11(20)3)19-16(21)15(18)7-13(8-17)12-4-5-12/h7-8,10-12,14H,4-6,9,17-18H2,1-3H3,(H,19,21)/b13-8+,15-7-. The zero-order chi connectivity index (χ0) is 15.6. The van der Waals surface area contributed by atoms with Crippen molar-refractivity contribution >= 4 is 5.91 Å². The second-order valence-corrected chi connectivity index (χ2v) is 6.59. The third kappa shape index (κ3) is 4.00. The predicted molar refractivity (Wildman–Crippen MR) is 85.1 cm³/mol. The number of nitrogens with zero attached hydrogens (tertiary/aromatic N) is 1. The lowest BCUT2D eigenvalue weighted by molar-refractivity contribution is -0.118. The Labute approximate surface area is 127 Å². The summed E-state index contributed by atoms with van der Waals surface area (Å²) in [5.74, 6) is 0.307. The van der Waals surface area contributed by atoms with E-state index in [9.17, 15) is 4.79 Å². The number of nitrogens with one attached hydrogen (secondary N) is 1. The van der Waals surface area contributed by atoms with Crippen molar-refractivity contribution < 1.29 is 4.79 Å². The van der Waals surface area contributed by atoms with Gasteiger partial charge in [-0.1, -0.05) is 0 Å². The molecule has 1 amide bonds. The van der Waals surface area contributed by atoms with Crippen LogP contribution in [0.3, 0.4) is 0 Å². The van der Waals surface area contributed by atoms with Crippen LogP contribution in [-0.4, -0.2) is 35.5 Å². The Morgan fingerprint density at radius 1 is 1.38 bits per heavy atom. The van der Waals surface area contributed by atoms with Gasteiger partial charge in [-0.05, 0) is 63.8 Å². The minimum atomic E-state index is -0.183. The fourth-order valence-electron chi connectivity index (χ4n) is 3.11. The molecule has 5 nitrogen and oxygen atoms in total. The van der Waals surface area contributed by atoms with Crippen LogP contribution < -0.4 is 16.8 Å². The van der Waals surface area contributed by atoms with Gasteiger partial charge in [-0.25, -0.2) is 0 Å². The fourth-order valence-corrected chi connectivity index (χ4v) is 3.11. The van der Waals surface area contributed by atoms with Gasteiger partial charge < -0.3 is 16.8 Å². The molecule has 1 saturated carbocycles. The number of hydrogen-bond donors (Lipinski definition) is 3. The first-order valence-electron chi connectivity index (χ1n) is 7.88.